The molecule has 2 aromatic rings. The molecule has 0 spiro atoms. The van der Waals surface area contributed by atoms with Crippen LogP contribution in [0.5, 0.6) is 0 Å². The highest BCUT2D eigenvalue weighted by atomic mass is 35.5. The van der Waals surface area contributed by atoms with Crippen molar-refractivity contribution in [2.75, 3.05) is 7.05 Å². The Kier molecular flexibility index (Phi) is 4.96. The number of carbonyl (C=O) groups is 2. The maximum absolute atomic E-state index is 13.9. The lowest BCUT2D eigenvalue weighted by Crippen LogP contribution is -2.72. The largest absolute Gasteiger partial charge is 0.437 e. The zero-order valence-electron chi connectivity index (χ0n) is 13.8. The third kappa shape index (κ3) is 3.19. The standard InChI is InChI=1S/C17H14ClF3N2O3S/c1-23-15(25)22-13(9-4-6-10(18)7-5-9)12(16(23,26)17(19,20)21)14(24)11-3-2-8-27-11/h2-8,12-13,26H,1H3,(H,22,25)/t12-,13+,16+/m1/s1. The van der Waals surface area contributed by atoms with Gasteiger partial charge in [0.05, 0.1) is 10.9 Å². The van der Waals surface area contributed by atoms with Crippen molar-refractivity contribution in [2.45, 2.75) is 17.9 Å². The molecule has 0 saturated carbocycles. The van der Waals surface area contributed by atoms with Crippen molar-refractivity contribution in [3.63, 3.8) is 0 Å². The first-order chi connectivity index (χ1) is 12.6. The van der Waals surface area contributed by atoms with Gasteiger partial charge >= 0.3 is 12.2 Å². The summed E-state index contributed by atoms with van der Waals surface area (Å²) < 4.78 is 41.7. The van der Waals surface area contributed by atoms with Gasteiger partial charge in [-0.15, -0.1) is 11.3 Å². The number of amides is 2. The molecule has 10 heteroatoms. The number of halogens is 4. The number of hydrogen-bond acceptors (Lipinski definition) is 4. The van der Waals surface area contributed by atoms with Crippen molar-refractivity contribution in [1.82, 2.24) is 10.2 Å². The molecule has 2 amide bonds. The number of carbonyl (C=O) groups excluding carboxylic acids is 2. The molecule has 1 aromatic carbocycles. The number of nitrogens with zero attached hydrogens (tertiary/aromatic N) is 1. The topological polar surface area (TPSA) is 69.6 Å². The van der Waals surface area contributed by atoms with E-state index in [4.69, 9.17) is 11.6 Å². The second-order valence-electron chi connectivity index (χ2n) is 6.08. The number of alkyl halides is 3. The van der Waals surface area contributed by atoms with E-state index >= 15 is 0 Å². The molecule has 1 aliphatic rings. The van der Waals surface area contributed by atoms with Gasteiger partial charge in [-0.2, -0.15) is 13.2 Å². The monoisotopic (exact) mass is 418 g/mol. The van der Waals surface area contributed by atoms with Crippen molar-refractivity contribution in [3.05, 3.63) is 57.2 Å². The van der Waals surface area contributed by atoms with E-state index in [9.17, 15) is 27.9 Å². The molecule has 2 heterocycles. The fourth-order valence-electron chi connectivity index (χ4n) is 3.13. The molecule has 0 bridgehead atoms. The number of nitrogens with one attached hydrogen (secondary N) is 1. The van der Waals surface area contributed by atoms with Crippen LogP contribution in [0, 0.1) is 5.92 Å². The van der Waals surface area contributed by atoms with Crippen LogP contribution in [0.15, 0.2) is 41.8 Å². The summed E-state index contributed by atoms with van der Waals surface area (Å²) in [6.45, 7) is 0. The smallest absolute Gasteiger partial charge is 0.363 e. The minimum atomic E-state index is -5.26. The highest BCUT2D eigenvalue weighted by Gasteiger charge is 2.69. The zero-order valence-corrected chi connectivity index (χ0v) is 15.4. The summed E-state index contributed by atoms with van der Waals surface area (Å²) in [6.07, 6.45) is -5.26. The van der Waals surface area contributed by atoms with Crippen molar-refractivity contribution in [1.29, 1.82) is 0 Å². The quantitative estimate of drug-likeness (QED) is 0.744. The Hall–Kier alpha value is -2.10. The van der Waals surface area contributed by atoms with E-state index in [1.54, 1.807) is 5.38 Å². The fourth-order valence-corrected chi connectivity index (χ4v) is 3.96. The Morgan fingerprint density at radius 2 is 1.93 bits per heavy atom. The van der Waals surface area contributed by atoms with Crippen LogP contribution < -0.4 is 5.32 Å². The minimum absolute atomic E-state index is 0.0474. The van der Waals surface area contributed by atoms with Gasteiger partial charge in [0.2, 0.25) is 0 Å². The van der Waals surface area contributed by atoms with Gasteiger partial charge in [-0.3, -0.25) is 9.69 Å². The maximum atomic E-state index is 13.9. The number of urea groups is 1. The van der Waals surface area contributed by atoms with Crippen molar-refractivity contribution in [2.24, 2.45) is 5.92 Å². The highest BCUT2D eigenvalue weighted by Crippen LogP contribution is 2.47. The number of hydrogen-bond donors (Lipinski definition) is 2. The van der Waals surface area contributed by atoms with E-state index in [1.807, 2.05) is 0 Å². The average Bonchev–Trinajstić information content (AvgIpc) is 3.13. The number of ketones is 1. The maximum Gasteiger partial charge on any atom is 0.437 e. The Bertz CT molecular complexity index is 857. The number of rotatable bonds is 3. The van der Waals surface area contributed by atoms with Gasteiger partial charge < -0.3 is 10.4 Å². The van der Waals surface area contributed by atoms with E-state index in [1.165, 1.54) is 36.4 Å². The van der Waals surface area contributed by atoms with Gasteiger partial charge in [0.1, 0.15) is 5.92 Å². The van der Waals surface area contributed by atoms with Crippen LogP contribution in [0.4, 0.5) is 18.0 Å². The van der Waals surface area contributed by atoms with Crippen molar-refractivity contribution >= 4 is 34.8 Å². The molecule has 1 fully saturated rings. The summed E-state index contributed by atoms with van der Waals surface area (Å²) in [6, 6.07) is 6.03. The summed E-state index contributed by atoms with van der Waals surface area (Å²) in [4.78, 5) is 25.3. The molecule has 27 heavy (non-hydrogen) atoms. The Morgan fingerprint density at radius 1 is 1.30 bits per heavy atom. The van der Waals surface area contributed by atoms with E-state index in [0.717, 1.165) is 18.4 Å². The predicted octanol–water partition coefficient (Wildman–Crippen LogP) is 3.85. The highest BCUT2D eigenvalue weighted by molar-refractivity contribution is 7.12. The van der Waals surface area contributed by atoms with Crippen molar-refractivity contribution < 1.29 is 27.9 Å². The molecule has 3 rings (SSSR count). The van der Waals surface area contributed by atoms with E-state index in [-0.39, 0.29) is 15.3 Å². The molecule has 144 valence electrons. The van der Waals surface area contributed by atoms with Crippen LogP contribution >= 0.6 is 22.9 Å². The van der Waals surface area contributed by atoms with Gasteiger partial charge in [0.15, 0.2) is 5.78 Å². The first kappa shape index (κ1) is 19.7. The normalized spacial score (nSPS) is 26.0. The van der Waals surface area contributed by atoms with E-state index in [0.29, 0.717) is 5.02 Å². The van der Waals surface area contributed by atoms with Crippen LogP contribution in [0.2, 0.25) is 5.02 Å². The van der Waals surface area contributed by atoms with Gasteiger partial charge in [0, 0.05) is 12.1 Å². The van der Waals surface area contributed by atoms with Crippen molar-refractivity contribution in [3.8, 4) is 0 Å². The van der Waals surface area contributed by atoms with E-state index in [2.05, 4.69) is 5.32 Å². The summed E-state index contributed by atoms with van der Waals surface area (Å²) in [5.74, 6) is -2.93. The lowest BCUT2D eigenvalue weighted by atomic mass is 9.78. The molecule has 0 radical (unpaired) electrons. The molecule has 0 unspecified atom stereocenters. The first-order valence-corrected chi connectivity index (χ1v) is 8.99. The molecular weight excluding hydrogens is 405 g/mol. The summed E-state index contributed by atoms with van der Waals surface area (Å²) in [5, 5.41) is 14.9. The van der Waals surface area contributed by atoms with Crippen LogP contribution in [0.1, 0.15) is 21.3 Å². The Balaban J connectivity index is 2.19. The molecule has 2 N–H and O–H groups in total. The average molecular weight is 419 g/mol. The number of benzene rings is 1. The summed E-state index contributed by atoms with van der Waals surface area (Å²) in [5.41, 5.74) is -3.46. The Labute approximate surface area is 161 Å². The minimum Gasteiger partial charge on any atom is -0.363 e. The van der Waals surface area contributed by atoms with Gasteiger partial charge in [-0.05, 0) is 29.1 Å². The lowest BCUT2D eigenvalue weighted by molar-refractivity contribution is -0.322. The Morgan fingerprint density at radius 3 is 2.44 bits per heavy atom. The second kappa shape index (κ2) is 6.81. The number of Topliss-reactive ketones (excluding diaryl/α,β-unsaturated/α-hetero) is 1. The van der Waals surface area contributed by atoms with Gasteiger partial charge in [0.25, 0.3) is 5.72 Å². The molecule has 5 nitrogen and oxygen atoms in total. The number of thiophene rings is 1. The lowest BCUT2D eigenvalue weighted by Gasteiger charge is -2.49. The molecule has 1 saturated heterocycles. The molecule has 0 aliphatic carbocycles. The van der Waals surface area contributed by atoms with Crippen LogP contribution in [-0.2, 0) is 0 Å². The number of aliphatic hydroxyl groups is 1. The van der Waals surface area contributed by atoms with Gasteiger partial charge in [-0.25, -0.2) is 4.79 Å². The fraction of sp³-hybridized carbons (Fsp3) is 0.294. The molecule has 3 atom stereocenters. The van der Waals surface area contributed by atoms with Crippen LogP contribution in [0.3, 0.4) is 0 Å². The van der Waals surface area contributed by atoms with Gasteiger partial charge in [-0.1, -0.05) is 29.8 Å². The summed E-state index contributed by atoms with van der Waals surface area (Å²) >= 11 is 6.78. The zero-order chi connectivity index (χ0) is 20.0. The van der Waals surface area contributed by atoms with E-state index < -0.39 is 35.7 Å². The third-order valence-electron chi connectivity index (χ3n) is 4.55. The van der Waals surface area contributed by atoms with Crippen LogP contribution in [0.25, 0.3) is 0 Å². The van der Waals surface area contributed by atoms with Crippen LogP contribution in [-0.4, -0.2) is 40.8 Å². The SMILES string of the molecule is CN1C(=O)N[C@@H](c2ccc(Cl)cc2)[C@H](C(=O)c2cccs2)[C@]1(O)C(F)(F)F. The second-order valence-corrected chi connectivity index (χ2v) is 7.46. The molecule has 1 aliphatic heterocycles. The summed E-state index contributed by atoms with van der Waals surface area (Å²) in [7, 11) is 0.801. The third-order valence-corrected chi connectivity index (χ3v) is 5.69. The molecule has 1 aromatic heterocycles. The first-order valence-electron chi connectivity index (χ1n) is 7.74. The molecular formula is C17H14ClF3N2O3S. The predicted molar refractivity (Wildman–Crippen MR) is 93.6 cm³/mol.